The number of para-hydroxylation sites is 1. The molecule has 1 aromatic carbocycles. The number of fused-ring (bicyclic) bond motifs is 1. The molecule has 0 atom stereocenters. The summed E-state index contributed by atoms with van der Waals surface area (Å²) < 4.78 is 2.51. The van der Waals surface area contributed by atoms with Crippen molar-refractivity contribution in [3.63, 3.8) is 0 Å². The van der Waals surface area contributed by atoms with Crippen LogP contribution >= 0.6 is 0 Å². The van der Waals surface area contributed by atoms with E-state index in [1.54, 1.807) is 0 Å². The van der Waals surface area contributed by atoms with E-state index in [1.807, 2.05) is 0 Å². The van der Waals surface area contributed by atoms with Crippen molar-refractivity contribution >= 4 is 11.4 Å². The highest BCUT2D eigenvalue weighted by atomic mass is 127. The number of hydrogen-bond donors (Lipinski definition) is 0. The second-order valence-electron chi connectivity index (χ2n) is 6.06. The summed E-state index contributed by atoms with van der Waals surface area (Å²) in [6.07, 6.45) is 1.25. The van der Waals surface area contributed by atoms with Crippen molar-refractivity contribution in [2.24, 2.45) is 5.92 Å². The lowest BCUT2D eigenvalue weighted by Crippen LogP contribution is -3.00. The quantitative estimate of drug-likeness (QED) is 0.564. The van der Waals surface area contributed by atoms with Gasteiger partial charge in [-0.05, 0) is 19.8 Å². The Morgan fingerprint density at radius 3 is 2.39 bits per heavy atom. The lowest BCUT2D eigenvalue weighted by Gasteiger charge is -2.14. The maximum atomic E-state index is 2.51. The van der Waals surface area contributed by atoms with Crippen molar-refractivity contribution in [1.29, 1.82) is 0 Å². The Morgan fingerprint density at radius 2 is 1.78 bits per heavy atom. The Balaban J connectivity index is 0.00000162. The van der Waals surface area contributed by atoms with Crippen LogP contribution in [0.2, 0.25) is 0 Å². The molecule has 1 aliphatic heterocycles. The molecule has 0 amide bonds. The SMILES string of the molecule is CC1=[N+](CCC(C)C)c2ccccc2C1(C)C.[I-]. The summed E-state index contributed by atoms with van der Waals surface area (Å²) in [6, 6.07) is 8.83. The van der Waals surface area contributed by atoms with E-state index in [-0.39, 0.29) is 29.4 Å². The van der Waals surface area contributed by atoms with Gasteiger partial charge in [0.05, 0.1) is 5.41 Å². The Bertz CT molecular complexity index is 458. The Hall–Kier alpha value is -0.380. The minimum absolute atomic E-state index is 0. The second-order valence-corrected chi connectivity index (χ2v) is 6.06. The predicted molar refractivity (Wildman–Crippen MR) is 74.4 cm³/mol. The topological polar surface area (TPSA) is 3.01 Å². The third kappa shape index (κ3) is 2.63. The van der Waals surface area contributed by atoms with E-state index in [0.717, 1.165) is 12.5 Å². The average molecular weight is 357 g/mol. The van der Waals surface area contributed by atoms with E-state index in [1.165, 1.54) is 23.4 Å². The standard InChI is InChI=1S/C16H24N.HI/c1-12(2)10-11-17-13(3)16(4,5)14-8-6-7-9-15(14)17;/h6-9,12H,10-11H2,1-5H3;1H/q+1;/p-1. The molecule has 0 aromatic heterocycles. The Morgan fingerprint density at radius 1 is 1.17 bits per heavy atom. The lowest BCUT2D eigenvalue weighted by molar-refractivity contribution is -0.440. The summed E-state index contributed by atoms with van der Waals surface area (Å²) in [5.41, 5.74) is 4.56. The molecule has 0 spiro atoms. The fraction of sp³-hybridized carbons (Fsp3) is 0.562. The van der Waals surface area contributed by atoms with Gasteiger partial charge in [-0.15, -0.1) is 0 Å². The van der Waals surface area contributed by atoms with Crippen LogP contribution in [0.4, 0.5) is 5.69 Å². The summed E-state index contributed by atoms with van der Waals surface area (Å²) in [4.78, 5) is 0. The smallest absolute Gasteiger partial charge is 0.209 e. The summed E-state index contributed by atoms with van der Waals surface area (Å²) in [5.74, 6) is 0.763. The molecule has 0 saturated carbocycles. The maximum absolute atomic E-state index is 2.51. The van der Waals surface area contributed by atoms with Crippen LogP contribution < -0.4 is 24.0 Å². The van der Waals surface area contributed by atoms with E-state index in [2.05, 4.69) is 63.5 Å². The number of rotatable bonds is 3. The van der Waals surface area contributed by atoms with E-state index in [9.17, 15) is 0 Å². The lowest BCUT2D eigenvalue weighted by atomic mass is 9.82. The maximum Gasteiger partial charge on any atom is 0.209 e. The highest BCUT2D eigenvalue weighted by Gasteiger charge is 2.42. The predicted octanol–water partition coefficient (Wildman–Crippen LogP) is 1.13. The van der Waals surface area contributed by atoms with Crippen molar-refractivity contribution in [1.82, 2.24) is 0 Å². The van der Waals surface area contributed by atoms with Gasteiger partial charge in [0.2, 0.25) is 5.69 Å². The zero-order valence-electron chi connectivity index (χ0n) is 12.1. The minimum atomic E-state index is 0. The Kier molecular flexibility index (Phi) is 4.98. The van der Waals surface area contributed by atoms with Gasteiger partial charge >= 0.3 is 0 Å². The second kappa shape index (κ2) is 5.72. The largest absolute Gasteiger partial charge is 1.00 e. The third-order valence-electron chi connectivity index (χ3n) is 4.11. The molecular formula is C16H24IN. The fourth-order valence-electron chi connectivity index (χ4n) is 2.63. The molecule has 0 fully saturated rings. The molecule has 0 unspecified atom stereocenters. The van der Waals surface area contributed by atoms with Gasteiger partial charge in [-0.25, -0.2) is 0 Å². The van der Waals surface area contributed by atoms with Gasteiger partial charge < -0.3 is 24.0 Å². The molecule has 2 heteroatoms. The van der Waals surface area contributed by atoms with E-state index < -0.39 is 0 Å². The highest BCUT2D eigenvalue weighted by molar-refractivity contribution is 5.93. The summed E-state index contributed by atoms with van der Waals surface area (Å²) in [7, 11) is 0. The molecule has 0 bridgehead atoms. The van der Waals surface area contributed by atoms with Crippen LogP contribution in [0, 0.1) is 5.92 Å². The van der Waals surface area contributed by atoms with Crippen LogP contribution in [0.15, 0.2) is 24.3 Å². The van der Waals surface area contributed by atoms with E-state index >= 15 is 0 Å². The normalized spacial score (nSPS) is 16.8. The molecule has 0 radical (unpaired) electrons. The first-order chi connectivity index (χ1) is 7.94. The van der Waals surface area contributed by atoms with Gasteiger partial charge in [-0.2, -0.15) is 4.58 Å². The molecule has 0 N–H and O–H groups in total. The molecule has 2 rings (SSSR count). The van der Waals surface area contributed by atoms with Gasteiger partial charge in [-0.1, -0.05) is 32.0 Å². The van der Waals surface area contributed by atoms with Gasteiger partial charge in [0.15, 0.2) is 5.71 Å². The molecule has 1 aromatic rings. The van der Waals surface area contributed by atoms with Crippen LogP contribution in [-0.2, 0) is 5.41 Å². The minimum Gasteiger partial charge on any atom is -1.00 e. The average Bonchev–Trinajstić information content (AvgIpc) is 2.47. The van der Waals surface area contributed by atoms with Crippen LogP contribution in [0.3, 0.4) is 0 Å². The molecule has 1 heterocycles. The third-order valence-corrected chi connectivity index (χ3v) is 4.11. The first kappa shape index (κ1) is 15.7. The van der Waals surface area contributed by atoms with Gasteiger partial charge in [0.25, 0.3) is 0 Å². The number of nitrogens with zero attached hydrogens (tertiary/aromatic N) is 1. The molecular weight excluding hydrogens is 333 g/mol. The Labute approximate surface area is 128 Å². The summed E-state index contributed by atoms with van der Waals surface area (Å²) in [6.45, 7) is 12.7. The monoisotopic (exact) mass is 357 g/mol. The zero-order chi connectivity index (χ0) is 12.6. The molecule has 100 valence electrons. The van der Waals surface area contributed by atoms with Crippen LogP contribution in [0.5, 0.6) is 0 Å². The molecule has 1 nitrogen and oxygen atoms in total. The number of halogens is 1. The van der Waals surface area contributed by atoms with Gasteiger partial charge in [0, 0.05) is 25.0 Å². The van der Waals surface area contributed by atoms with Crippen molar-refractivity contribution in [2.45, 2.75) is 46.5 Å². The first-order valence-corrected chi connectivity index (χ1v) is 6.65. The van der Waals surface area contributed by atoms with E-state index in [4.69, 9.17) is 0 Å². The van der Waals surface area contributed by atoms with Crippen molar-refractivity contribution in [3.05, 3.63) is 29.8 Å². The summed E-state index contributed by atoms with van der Waals surface area (Å²) >= 11 is 0. The van der Waals surface area contributed by atoms with Crippen molar-refractivity contribution < 1.29 is 28.6 Å². The van der Waals surface area contributed by atoms with Crippen LogP contribution in [0.25, 0.3) is 0 Å². The number of hydrogen-bond acceptors (Lipinski definition) is 0. The molecule has 18 heavy (non-hydrogen) atoms. The van der Waals surface area contributed by atoms with E-state index in [0.29, 0.717) is 0 Å². The number of benzene rings is 1. The van der Waals surface area contributed by atoms with Gasteiger partial charge in [-0.3, -0.25) is 0 Å². The molecule has 1 aliphatic rings. The molecule has 0 aliphatic carbocycles. The van der Waals surface area contributed by atoms with Crippen LogP contribution in [-0.4, -0.2) is 16.8 Å². The first-order valence-electron chi connectivity index (χ1n) is 6.65. The summed E-state index contributed by atoms with van der Waals surface area (Å²) in [5, 5.41) is 0. The molecule has 0 saturated heterocycles. The highest BCUT2D eigenvalue weighted by Crippen LogP contribution is 2.39. The van der Waals surface area contributed by atoms with Gasteiger partial charge in [0.1, 0.15) is 6.54 Å². The zero-order valence-corrected chi connectivity index (χ0v) is 14.3. The van der Waals surface area contributed by atoms with Crippen molar-refractivity contribution in [2.75, 3.05) is 6.54 Å². The van der Waals surface area contributed by atoms with Crippen LogP contribution in [0.1, 0.15) is 46.6 Å². The van der Waals surface area contributed by atoms with Crippen molar-refractivity contribution in [3.8, 4) is 0 Å². The fourth-order valence-corrected chi connectivity index (χ4v) is 2.63.